The fraction of sp³-hybridized carbons (Fsp3) is 0.217. The first-order chi connectivity index (χ1) is 12.5. The molecule has 3 heteroatoms. The Kier molecular flexibility index (Phi) is 5.53. The predicted molar refractivity (Wildman–Crippen MR) is 114 cm³/mol. The molecule has 3 aromatic rings. The number of anilines is 2. The Labute approximate surface area is 161 Å². The molecule has 134 valence electrons. The summed E-state index contributed by atoms with van der Waals surface area (Å²) in [5, 5.41) is 0.762. The van der Waals surface area contributed by atoms with Crippen molar-refractivity contribution in [1.29, 1.82) is 0 Å². The number of benzene rings is 3. The van der Waals surface area contributed by atoms with Gasteiger partial charge in [0.15, 0.2) is 0 Å². The van der Waals surface area contributed by atoms with Gasteiger partial charge in [0.2, 0.25) is 0 Å². The monoisotopic (exact) mass is 364 g/mol. The summed E-state index contributed by atoms with van der Waals surface area (Å²) in [6.45, 7) is 0. The highest BCUT2D eigenvalue weighted by Gasteiger charge is 2.17. The average Bonchev–Trinajstić information content (AvgIpc) is 2.64. The molecule has 0 aliphatic carbocycles. The summed E-state index contributed by atoms with van der Waals surface area (Å²) in [5.74, 6) is 0.180. The van der Waals surface area contributed by atoms with Crippen LogP contribution in [-0.4, -0.2) is 28.2 Å². The Morgan fingerprint density at radius 3 is 1.15 bits per heavy atom. The van der Waals surface area contributed by atoms with Crippen LogP contribution in [0, 0.1) is 0 Å². The van der Waals surface area contributed by atoms with E-state index in [9.17, 15) is 0 Å². The third-order valence-electron chi connectivity index (χ3n) is 4.69. The van der Waals surface area contributed by atoms with Gasteiger partial charge >= 0.3 is 0 Å². The van der Waals surface area contributed by atoms with E-state index >= 15 is 0 Å². The summed E-state index contributed by atoms with van der Waals surface area (Å²) in [6.07, 6.45) is 0. The van der Waals surface area contributed by atoms with Crippen molar-refractivity contribution in [3.63, 3.8) is 0 Å². The molecule has 26 heavy (non-hydrogen) atoms. The molecule has 3 rings (SSSR count). The van der Waals surface area contributed by atoms with Gasteiger partial charge in [0, 0.05) is 50.5 Å². The summed E-state index contributed by atoms with van der Waals surface area (Å²) in [4.78, 5) is 4.24. The van der Waals surface area contributed by atoms with Crippen LogP contribution in [0.25, 0.3) is 0 Å². The number of nitrogens with zero attached hydrogens (tertiary/aromatic N) is 2. The predicted octanol–water partition coefficient (Wildman–Crippen LogP) is 5.65. The number of rotatable bonds is 5. The number of hydrogen-bond donors (Lipinski definition) is 0. The summed E-state index contributed by atoms with van der Waals surface area (Å²) in [7, 11) is 8.24. The molecule has 0 spiro atoms. The first-order valence-corrected chi connectivity index (χ1v) is 9.13. The lowest BCUT2D eigenvalue weighted by Gasteiger charge is -2.21. The number of hydrogen-bond acceptors (Lipinski definition) is 2. The van der Waals surface area contributed by atoms with Gasteiger partial charge in [0.25, 0.3) is 0 Å². The van der Waals surface area contributed by atoms with Crippen molar-refractivity contribution in [3.05, 3.63) is 94.5 Å². The maximum atomic E-state index is 6.11. The van der Waals surface area contributed by atoms with Gasteiger partial charge in [0.1, 0.15) is 0 Å². The molecule has 0 radical (unpaired) electrons. The van der Waals surface area contributed by atoms with Gasteiger partial charge in [0.05, 0.1) is 0 Å². The second-order valence-electron chi connectivity index (χ2n) is 6.96. The minimum Gasteiger partial charge on any atom is -0.378 e. The lowest BCUT2D eigenvalue weighted by atomic mass is 9.85. The smallest absolute Gasteiger partial charge is 0.0406 e. The summed E-state index contributed by atoms with van der Waals surface area (Å²) >= 11 is 6.11. The van der Waals surface area contributed by atoms with Gasteiger partial charge in [-0.1, -0.05) is 48.0 Å². The van der Waals surface area contributed by atoms with Crippen LogP contribution in [0.1, 0.15) is 22.6 Å². The van der Waals surface area contributed by atoms with Gasteiger partial charge in [-0.15, -0.1) is 0 Å². The highest BCUT2D eigenvalue weighted by molar-refractivity contribution is 6.30. The zero-order chi connectivity index (χ0) is 18.7. The van der Waals surface area contributed by atoms with Gasteiger partial charge in [-0.05, 0) is 53.1 Å². The molecule has 0 aliphatic heterocycles. The first kappa shape index (κ1) is 18.3. The van der Waals surface area contributed by atoms with E-state index in [0.29, 0.717) is 0 Å². The van der Waals surface area contributed by atoms with Crippen molar-refractivity contribution < 1.29 is 0 Å². The zero-order valence-corrected chi connectivity index (χ0v) is 16.5. The van der Waals surface area contributed by atoms with Crippen LogP contribution in [0.5, 0.6) is 0 Å². The fourth-order valence-corrected chi connectivity index (χ4v) is 3.29. The van der Waals surface area contributed by atoms with Gasteiger partial charge in [-0.3, -0.25) is 0 Å². The lowest BCUT2D eigenvalue weighted by molar-refractivity contribution is 0.973. The van der Waals surface area contributed by atoms with Crippen molar-refractivity contribution in [1.82, 2.24) is 0 Å². The van der Waals surface area contributed by atoms with E-state index < -0.39 is 0 Å². The molecule has 0 heterocycles. The Morgan fingerprint density at radius 1 is 0.538 bits per heavy atom. The quantitative estimate of drug-likeness (QED) is 0.539. The molecule has 0 saturated carbocycles. The van der Waals surface area contributed by atoms with Gasteiger partial charge in [-0.2, -0.15) is 0 Å². The largest absolute Gasteiger partial charge is 0.378 e. The van der Waals surface area contributed by atoms with E-state index in [-0.39, 0.29) is 5.92 Å². The SMILES string of the molecule is CN(C)c1ccc(C(c2ccc(Cl)cc2)c2ccc(N(C)C)cc2)cc1. The van der Waals surface area contributed by atoms with Crippen molar-refractivity contribution >= 4 is 23.0 Å². The number of halogens is 1. The molecule has 0 unspecified atom stereocenters. The molecular formula is C23H25ClN2. The molecule has 0 saturated heterocycles. The molecule has 0 amide bonds. The van der Waals surface area contributed by atoms with Crippen molar-refractivity contribution in [2.45, 2.75) is 5.92 Å². The minimum atomic E-state index is 0.180. The highest BCUT2D eigenvalue weighted by Crippen LogP contribution is 2.34. The molecular weight excluding hydrogens is 340 g/mol. The van der Waals surface area contributed by atoms with Crippen LogP contribution < -0.4 is 9.80 Å². The van der Waals surface area contributed by atoms with E-state index in [1.807, 2.05) is 12.1 Å². The van der Waals surface area contributed by atoms with Crippen LogP contribution >= 0.6 is 11.6 Å². The Morgan fingerprint density at radius 2 is 0.846 bits per heavy atom. The first-order valence-electron chi connectivity index (χ1n) is 8.76. The second-order valence-corrected chi connectivity index (χ2v) is 7.39. The van der Waals surface area contributed by atoms with Crippen molar-refractivity contribution in [2.75, 3.05) is 38.0 Å². The molecule has 0 bridgehead atoms. The molecule has 0 N–H and O–H groups in total. The minimum absolute atomic E-state index is 0.180. The van der Waals surface area contributed by atoms with Crippen molar-refractivity contribution in [2.24, 2.45) is 0 Å². The van der Waals surface area contributed by atoms with E-state index in [1.165, 1.54) is 28.1 Å². The zero-order valence-electron chi connectivity index (χ0n) is 15.8. The van der Waals surface area contributed by atoms with Crippen molar-refractivity contribution in [3.8, 4) is 0 Å². The molecule has 0 aliphatic rings. The van der Waals surface area contributed by atoms with Crippen LogP contribution in [0.3, 0.4) is 0 Å². The van der Waals surface area contributed by atoms with E-state index in [2.05, 4.69) is 98.7 Å². The third kappa shape index (κ3) is 4.03. The third-order valence-corrected chi connectivity index (χ3v) is 4.94. The van der Waals surface area contributed by atoms with E-state index in [0.717, 1.165) is 5.02 Å². The Bertz CT molecular complexity index is 783. The van der Waals surface area contributed by atoms with Crippen LogP contribution in [0.4, 0.5) is 11.4 Å². The van der Waals surface area contributed by atoms with Crippen LogP contribution in [-0.2, 0) is 0 Å². The molecule has 0 atom stereocenters. The molecule has 0 fully saturated rings. The topological polar surface area (TPSA) is 6.48 Å². The Hall–Kier alpha value is -2.45. The second kappa shape index (κ2) is 7.84. The maximum Gasteiger partial charge on any atom is 0.0406 e. The van der Waals surface area contributed by atoms with Crippen LogP contribution in [0.15, 0.2) is 72.8 Å². The summed E-state index contributed by atoms with van der Waals surface area (Å²) in [5.41, 5.74) is 6.19. The Balaban J connectivity index is 2.05. The fourth-order valence-electron chi connectivity index (χ4n) is 3.16. The standard InChI is InChI=1S/C23H25ClN2/c1-25(2)21-13-7-18(8-14-21)23(17-5-11-20(24)12-6-17)19-9-15-22(16-10-19)26(3)4/h5-16,23H,1-4H3. The van der Waals surface area contributed by atoms with E-state index in [1.54, 1.807) is 0 Å². The highest BCUT2D eigenvalue weighted by atomic mass is 35.5. The molecule has 0 aromatic heterocycles. The van der Waals surface area contributed by atoms with E-state index in [4.69, 9.17) is 11.6 Å². The molecule has 2 nitrogen and oxygen atoms in total. The average molecular weight is 365 g/mol. The molecule has 3 aromatic carbocycles. The van der Waals surface area contributed by atoms with Crippen LogP contribution in [0.2, 0.25) is 5.02 Å². The summed E-state index contributed by atoms with van der Waals surface area (Å²) in [6, 6.07) is 25.7. The maximum absolute atomic E-state index is 6.11. The lowest BCUT2D eigenvalue weighted by Crippen LogP contribution is -2.10. The van der Waals surface area contributed by atoms with Gasteiger partial charge < -0.3 is 9.80 Å². The summed E-state index contributed by atoms with van der Waals surface area (Å²) < 4.78 is 0. The normalized spacial score (nSPS) is 10.8. The van der Waals surface area contributed by atoms with Gasteiger partial charge in [-0.25, -0.2) is 0 Å².